The number of benzene rings is 2. The van der Waals surface area contributed by atoms with E-state index in [2.05, 4.69) is 25.9 Å². The van der Waals surface area contributed by atoms with Crippen molar-refractivity contribution in [3.8, 4) is 16.9 Å². The van der Waals surface area contributed by atoms with Gasteiger partial charge >= 0.3 is 6.18 Å². The maximum Gasteiger partial charge on any atom is 0.419 e. The molecular formula is C19H10BrClF3N3. The molecule has 0 unspecified atom stereocenters. The molecule has 0 spiro atoms. The van der Waals surface area contributed by atoms with E-state index in [0.717, 1.165) is 21.9 Å². The van der Waals surface area contributed by atoms with E-state index in [-0.39, 0.29) is 11.0 Å². The van der Waals surface area contributed by atoms with Gasteiger partial charge in [-0.1, -0.05) is 40.2 Å². The maximum absolute atomic E-state index is 13.5. The van der Waals surface area contributed by atoms with Gasteiger partial charge < -0.3 is 4.57 Å². The van der Waals surface area contributed by atoms with Crippen LogP contribution < -0.4 is 0 Å². The van der Waals surface area contributed by atoms with Crippen LogP contribution >= 0.6 is 27.5 Å². The molecule has 0 aliphatic heterocycles. The molecule has 0 fully saturated rings. The summed E-state index contributed by atoms with van der Waals surface area (Å²) in [5.74, 6) is 0. The van der Waals surface area contributed by atoms with Gasteiger partial charge in [-0.3, -0.25) is 0 Å². The lowest BCUT2D eigenvalue weighted by Crippen LogP contribution is -2.09. The van der Waals surface area contributed by atoms with Gasteiger partial charge in [0, 0.05) is 33.5 Å². The van der Waals surface area contributed by atoms with Crippen LogP contribution in [0.2, 0.25) is 5.28 Å². The van der Waals surface area contributed by atoms with Gasteiger partial charge in [0.2, 0.25) is 5.28 Å². The highest BCUT2D eigenvalue weighted by Crippen LogP contribution is 2.40. The van der Waals surface area contributed by atoms with Crippen LogP contribution in [0.3, 0.4) is 0 Å². The minimum absolute atomic E-state index is 0.240. The number of nitrogens with zero attached hydrogens (tertiary/aromatic N) is 3. The quantitative estimate of drug-likeness (QED) is 0.324. The van der Waals surface area contributed by atoms with Crippen LogP contribution in [0.15, 0.2) is 65.4 Å². The Kier molecular flexibility index (Phi) is 4.44. The van der Waals surface area contributed by atoms with Crippen molar-refractivity contribution in [1.29, 1.82) is 0 Å². The van der Waals surface area contributed by atoms with E-state index >= 15 is 0 Å². The zero-order chi connectivity index (χ0) is 19.2. The summed E-state index contributed by atoms with van der Waals surface area (Å²) in [6.45, 7) is 0. The van der Waals surface area contributed by atoms with Crippen molar-refractivity contribution in [3.05, 3.63) is 76.2 Å². The zero-order valence-electron chi connectivity index (χ0n) is 13.5. The van der Waals surface area contributed by atoms with E-state index < -0.39 is 11.7 Å². The molecule has 8 heteroatoms. The summed E-state index contributed by atoms with van der Waals surface area (Å²) >= 11 is 9.24. The minimum atomic E-state index is -4.60. The summed E-state index contributed by atoms with van der Waals surface area (Å²) < 4.78 is 43.2. The first-order valence-corrected chi connectivity index (χ1v) is 8.98. The standard InChI is InChI=1S/C19H10BrClF3N3/c20-11-6-7-13-14(17-15(19(22,23)24)9-25-18(21)26-17)10-27(16(13)8-11)12-4-2-1-3-5-12/h1-10H. The summed E-state index contributed by atoms with van der Waals surface area (Å²) in [7, 11) is 0. The number of fused-ring (bicyclic) bond motifs is 1. The maximum atomic E-state index is 13.5. The molecule has 0 aliphatic rings. The molecule has 2 aromatic heterocycles. The molecule has 0 aliphatic carbocycles. The van der Waals surface area contributed by atoms with Gasteiger partial charge in [0.1, 0.15) is 5.56 Å². The molecule has 4 rings (SSSR count). The van der Waals surface area contributed by atoms with Gasteiger partial charge in [-0.15, -0.1) is 0 Å². The van der Waals surface area contributed by atoms with Crippen LogP contribution in [0.4, 0.5) is 13.2 Å². The number of hydrogen-bond acceptors (Lipinski definition) is 2. The Balaban J connectivity index is 2.07. The van der Waals surface area contributed by atoms with Gasteiger partial charge in [-0.05, 0) is 35.9 Å². The van der Waals surface area contributed by atoms with Gasteiger partial charge in [-0.2, -0.15) is 13.2 Å². The van der Waals surface area contributed by atoms with Crippen LogP contribution in [0, 0.1) is 0 Å². The molecule has 0 saturated carbocycles. The van der Waals surface area contributed by atoms with E-state index in [4.69, 9.17) is 11.6 Å². The predicted molar refractivity (Wildman–Crippen MR) is 102 cm³/mol. The van der Waals surface area contributed by atoms with E-state index in [1.807, 2.05) is 41.0 Å². The third-order valence-corrected chi connectivity index (χ3v) is 4.80. The number of halogens is 5. The van der Waals surface area contributed by atoms with Crippen molar-refractivity contribution in [2.24, 2.45) is 0 Å². The van der Waals surface area contributed by atoms with Crippen LogP contribution in [0.5, 0.6) is 0 Å². The first-order valence-electron chi connectivity index (χ1n) is 7.81. The number of aromatic nitrogens is 3. The molecule has 2 heterocycles. The van der Waals surface area contributed by atoms with Crippen molar-refractivity contribution < 1.29 is 13.2 Å². The Bertz CT molecular complexity index is 1140. The highest BCUT2D eigenvalue weighted by Gasteiger charge is 2.36. The molecule has 0 bridgehead atoms. The van der Waals surface area contributed by atoms with Gasteiger partial charge in [0.05, 0.1) is 11.2 Å². The first kappa shape index (κ1) is 18.0. The number of hydrogen-bond donors (Lipinski definition) is 0. The molecule has 136 valence electrons. The van der Waals surface area contributed by atoms with Gasteiger partial charge in [-0.25, -0.2) is 9.97 Å². The molecular weight excluding hydrogens is 443 g/mol. The van der Waals surface area contributed by atoms with Crippen molar-refractivity contribution in [3.63, 3.8) is 0 Å². The highest BCUT2D eigenvalue weighted by atomic mass is 79.9. The number of alkyl halides is 3. The van der Waals surface area contributed by atoms with Crippen LogP contribution in [-0.2, 0) is 6.18 Å². The number of para-hydroxylation sites is 1. The van der Waals surface area contributed by atoms with E-state index in [1.54, 1.807) is 18.3 Å². The zero-order valence-corrected chi connectivity index (χ0v) is 15.8. The Morgan fingerprint density at radius 3 is 2.48 bits per heavy atom. The molecule has 3 nitrogen and oxygen atoms in total. The van der Waals surface area contributed by atoms with Gasteiger partial charge in [0.25, 0.3) is 0 Å². The van der Waals surface area contributed by atoms with E-state index in [9.17, 15) is 13.2 Å². The second-order valence-electron chi connectivity index (χ2n) is 5.81. The summed E-state index contributed by atoms with van der Waals surface area (Å²) in [6.07, 6.45) is -2.24. The molecule has 2 aromatic carbocycles. The summed E-state index contributed by atoms with van der Waals surface area (Å²) in [6, 6.07) is 14.7. The highest BCUT2D eigenvalue weighted by molar-refractivity contribution is 9.10. The van der Waals surface area contributed by atoms with Gasteiger partial charge in [0.15, 0.2) is 0 Å². The van der Waals surface area contributed by atoms with Crippen molar-refractivity contribution in [2.45, 2.75) is 6.18 Å². The second-order valence-corrected chi connectivity index (χ2v) is 7.06. The lowest BCUT2D eigenvalue weighted by molar-refractivity contribution is -0.137. The van der Waals surface area contributed by atoms with E-state index in [1.165, 1.54) is 0 Å². The lowest BCUT2D eigenvalue weighted by Gasteiger charge is -2.11. The summed E-state index contributed by atoms with van der Waals surface area (Å²) in [5.41, 5.74) is 0.721. The van der Waals surface area contributed by atoms with Crippen molar-refractivity contribution in [1.82, 2.24) is 14.5 Å². The molecule has 0 atom stereocenters. The predicted octanol–water partition coefficient (Wildman–Crippen LogP) is 6.52. The summed E-state index contributed by atoms with van der Waals surface area (Å²) in [4.78, 5) is 7.41. The monoisotopic (exact) mass is 451 g/mol. The Hall–Kier alpha value is -2.38. The molecule has 0 radical (unpaired) electrons. The number of rotatable bonds is 2. The average Bonchev–Trinajstić information content (AvgIpc) is 3.00. The molecule has 0 saturated heterocycles. The Morgan fingerprint density at radius 2 is 1.78 bits per heavy atom. The second kappa shape index (κ2) is 6.65. The molecule has 4 aromatic rings. The Labute approximate surface area is 165 Å². The average molecular weight is 453 g/mol. The molecule has 27 heavy (non-hydrogen) atoms. The fourth-order valence-corrected chi connectivity index (χ4v) is 3.45. The van der Waals surface area contributed by atoms with Crippen molar-refractivity contribution >= 4 is 38.4 Å². The lowest BCUT2D eigenvalue weighted by atomic mass is 10.1. The largest absolute Gasteiger partial charge is 0.419 e. The van der Waals surface area contributed by atoms with Crippen LogP contribution in [0.25, 0.3) is 27.8 Å². The third-order valence-electron chi connectivity index (χ3n) is 4.12. The first-order chi connectivity index (χ1) is 12.8. The van der Waals surface area contributed by atoms with Crippen LogP contribution in [0.1, 0.15) is 5.56 Å². The fraction of sp³-hybridized carbons (Fsp3) is 0.0526. The van der Waals surface area contributed by atoms with E-state index in [0.29, 0.717) is 10.9 Å². The normalized spacial score (nSPS) is 11.9. The van der Waals surface area contributed by atoms with Crippen LogP contribution in [-0.4, -0.2) is 14.5 Å². The SMILES string of the molecule is FC(F)(F)c1cnc(Cl)nc1-c1cn(-c2ccccc2)c2cc(Br)ccc12. The minimum Gasteiger partial charge on any atom is -0.316 e. The Morgan fingerprint density at radius 1 is 1.04 bits per heavy atom. The fourth-order valence-electron chi connectivity index (χ4n) is 2.96. The smallest absolute Gasteiger partial charge is 0.316 e. The molecule has 0 N–H and O–H groups in total. The topological polar surface area (TPSA) is 30.7 Å². The summed E-state index contributed by atoms with van der Waals surface area (Å²) in [5, 5.41) is 0.387. The third kappa shape index (κ3) is 3.33. The molecule has 0 amide bonds. The van der Waals surface area contributed by atoms with Crippen molar-refractivity contribution in [2.75, 3.05) is 0 Å².